The lowest BCUT2D eigenvalue weighted by atomic mass is 10.1. The number of carbonyl (C=O) groups excluding carboxylic acids is 1. The van der Waals surface area contributed by atoms with Crippen LogP contribution in [0.5, 0.6) is 11.5 Å². The van der Waals surface area contributed by atoms with E-state index in [0.717, 1.165) is 5.56 Å². The number of likely N-dealkylation sites (tertiary alicyclic amines) is 1. The van der Waals surface area contributed by atoms with Crippen molar-refractivity contribution in [2.75, 3.05) is 20.4 Å². The van der Waals surface area contributed by atoms with Crippen molar-refractivity contribution in [2.24, 2.45) is 0 Å². The molecule has 1 fully saturated rings. The summed E-state index contributed by atoms with van der Waals surface area (Å²) in [4.78, 5) is 23.0. The number of hydrogen-bond donors (Lipinski definition) is 1. The van der Waals surface area contributed by atoms with Crippen LogP contribution in [-0.4, -0.2) is 52.4 Å². The van der Waals surface area contributed by atoms with E-state index in [0.29, 0.717) is 41.7 Å². The normalized spacial score (nSPS) is 20.7. The summed E-state index contributed by atoms with van der Waals surface area (Å²) in [6, 6.07) is 8.87. The Morgan fingerprint density at radius 1 is 1.17 bits per heavy atom. The molecular formula is C20H19N5O4. The summed E-state index contributed by atoms with van der Waals surface area (Å²) in [7, 11) is 1.98. The van der Waals surface area contributed by atoms with Crippen LogP contribution in [0.2, 0.25) is 0 Å². The Kier molecular flexibility index (Phi) is 4.36. The fourth-order valence-electron chi connectivity index (χ4n) is 3.69. The second-order valence-electron chi connectivity index (χ2n) is 7.12. The van der Waals surface area contributed by atoms with Gasteiger partial charge in [0.15, 0.2) is 11.5 Å². The molecule has 0 aliphatic carbocycles. The SMILES string of the molecule is CN1C[C@@H](NC(=O)c2ccncc2)C[C@H]1c1nc(-c2ccc3c(c2)OCO3)no1. The predicted molar refractivity (Wildman–Crippen MR) is 101 cm³/mol. The average molecular weight is 393 g/mol. The number of likely N-dealkylation sites (N-methyl/N-ethyl adjacent to an activating group) is 1. The molecule has 2 aliphatic heterocycles. The van der Waals surface area contributed by atoms with Crippen molar-refractivity contribution in [2.45, 2.75) is 18.5 Å². The van der Waals surface area contributed by atoms with Gasteiger partial charge >= 0.3 is 0 Å². The molecule has 0 unspecified atom stereocenters. The van der Waals surface area contributed by atoms with E-state index >= 15 is 0 Å². The van der Waals surface area contributed by atoms with Gasteiger partial charge in [-0.15, -0.1) is 0 Å². The average Bonchev–Trinajstić information content (AvgIpc) is 3.47. The smallest absolute Gasteiger partial charge is 0.251 e. The number of carbonyl (C=O) groups is 1. The molecule has 29 heavy (non-hydrogen) atoms. The number of benzene rings is 1. The minimum atomic E-state index is -0.113. The molecule has 1 N–H and O–H groups in total. The Bertz CT molecular complexity index is 1040. The topological polar surface area (TPSA) is 103 Å². The highest BCUT2D eigenvalue weighted by molar-refractivity contribution is 5.94. The molecule has 3 aromatic rings. The van der Waals surface area contributed by atoms with Gasteiger partial charge in [-0.3, -0.25) is 14.7 Å². The van der Waals surface area contributed by atoms with Crippen LogP contribution in [0.4, 0.5) is 0 Å². The van der Waals surface area contributed by atoms with E-state index in [9.17, 15) is 4.79 Å². The van der Waals surface area contributed by atoms with Gasteiger partial charge in [-0.25, -0.2) is 0 Å². The van der Waals surface area contributed by atoms with E-state index in [1.807, 2.05) is 25.2 Å². The van der Waals surface area contributed by atoms with Gasteiger partial charge in [-0.05, 0) is 43.8 Å². The number of ether oxygens (including phenoxy) is 2. The summed E-state index contributed by atoms with van der Waals surface area (Å²) in [5, 5.41) is 7.18. The second-order valence-corrected chi connectivity index (χ2v) is 7.12. The van der Waals surface area contributed by atoms with Gasteiger partial charge < -0.3 is 19.3 Å². The zero-order valence-electron chi connectivity index (χ0n) is 15.7. The van der Waals surface area contributed by atoms with Crippen LogP contribution >= 0.6 is 0 Å². The maximum absolute atomic E-state index is 12.4. The summed E-state index contributed by atoms with van der Waals surface area (Å²) >= 11 is 0. The van der Waals surface area contributed by atoms with Crippen molar-refractivity contribution >= 4 is 5.91 Å². The van der Waals surface area contributed by atoms with Crippen molar-refractivity contribution in [3.8, 4) is 22.9 Å². The number of fused-ring (bicyclic) bond motifs is 1. The lowest BCUT2D eigenvalue weighted by molar-refractivity contribution is 0.0938. The van der Waals surface area contributed by atoms with Crippen molar-refractivity contribution in [3.05, 3.63) is 54.2 Å². The summed E-state index contributed by atoms with van der Waals surface area (Å²) < 4.78 is 16.3. The van der Waals surface area contributed by atoms with Gasteiger partial charge in [0.2, 0.25) is 18.5 Å². The zero-order chi connectivity index (χ0) is 19.8. The van der Waals surface area contributed by atoms with Crippen molar-refractivity contribution in [1.29, 1.82) is 0 Å². The van der Waals surface area contributed by atoms with E-state index in [4.69, 9.17) is 14.0 Å². The molecule has 148 valence electrons. The first-order valence-corrected chi connectivity index (χ1v) is 9.32. The zero-order valence-corrected chi connectivity index (χ0v) is 15.7. The molecule has 0 radical (unpaired) electrons. The molecule has 1 aromatic carbocycles. The first-order chi connectivity index (χ1) is 14.2. The molecule has 2 atom stereocenters. The van der Waals surface area contributed by atoms with Crippen LogP contribution in [0.15, 0.2) is 47.2 Å². The summed E-state index contributed by atoms with van der Waals surface area (Å²) in [5.74, 6) is 2.29. The molecule has 2 aromatic heterocycles. The number of nitrogens with zero attached hydrogens (tertiary/aromatic N) is 4. The number of nitrogens with one attached hydrogen (secondary N) is 1. The largest absolute Gasteiger partial charge is 0.454 e. The molecule has 0 spiro atoms. The van der Waals surface area contributed by atoms with E-state index in [-0.39, 0.29) is 24.8 Å². The van der Waals surface area contributed by atoms with Crippen LogP contribution in [0, 0.1) is 0 Å². The maximum Gasteiger partial charge on any atom is 0.251 e. The van der Waals surface area contributed by atoms with E-state index in [2.05, 4.69) is 25.3 Å². The number of aromatic nitrogens is 3. The predicted octanol–water partition coefficient (Wildman–Crippen LogP) is 2.04. The molecule has 5 rings (SSSR count). The van der Waals surface area contributed by atoms with Crippen molar-refractivity contribution < 1.29 is 18.8 Å². The number of amides is 1. The summed E-state index contributed by atoms with van der Waals surface area (Å²) in [6.45, 7) is 0.916. The number of hydrogen-bond acceptors (Lipinski definition) is 8. The molecule has 4 heterocycles. The summed E-state index contributed by atoms with van der Waals surface area (Å²) in [6.07, 6.45) is 3.90. The molecule has 1 saturated heterocycles. The Hall–Kier alpha value is -3.46. The molecular weight excluding hydrogens is 374 g/mol. The van der Waals surface area contributed by atoms with Gasteiger partial charge in [0.1, 0.15) is 0 Å². The van der Waals surface area contributed by atoms with Crippen LogP contribution in [0.25, 0.3) is 11.4 Å². The Balaban J connectivity index is 1.29. The fraction of sp³-hybridized carbons (Fsp3) is 0.300. The first kappa shape index (κ1) is 17.6. The second kappa shape index (κ2) is 7.17. The third kappa shape index (κ3) is 3.40. The van der Waals surface area contributed by atoms with Crippen molar-refractivity contribution in [3.63, 3.8) is 0 Å². The van der Waals surface area contributed by atoms with Crippen LogP contribution in [0.3, 0.4) is 0 Å². The van der Waals surface area contributed by atoms with Crippen LogP contribution < -0.4 is 14.8 Å². The summed E-state index contributed by atoms with van der Waals surface area (Å²) in [5.41, 5.74) is 1.39. The van der Waals surface area contributed by atoms with E-state index in [1.165, 1.54) is 0 Å². The van der Waals surface area contributed by atoms with Gasteiger partial charge in [0.25, 0.3) is 5.91 Å². The Morgan fingerprint density at radius 3 is 2.86 bits per heavy atom. The van der Waals surface area contributed by atoms with Gasteiger partial charge in [0, 0.05) is 36.1 Å². The number of rotatable bonds is 4. The van der Waals surface area contributed by atoms with Crippen molar-refractivity contribution in [1.82, 2.24) is 25.3 Å². The minimum Gasteiger partial charge on any atom is -0.454 e. The minimum absolute atomic E-state index is 0.00782. The van der Waals surface area contributed by atoms with E-state index in [1.54, 1.807) is 24.5 Å². The lowest BCUT2D eigenvalue weighted by Gasteiger charge is -2.14. The standard InChI is InChI=1S/C20H19N5O4/c1-25-10-14(22-19(26)12-4-6-21-7-5-12)9-15(25)20-23-18(24-29-20)13-2-3-16-17(8-13)28-11-27-16/h2-8,14-15H,9-11H2,1H3,(H,22,26)/t14-,15-/m0/s1. The third-order valence-electron chi connectivity index (χ3n) is 5.18. The van der Waals surface area contributed by atoms with E-state index < -0.39 is 0 Å². The highest BCUT2D eigenvalue weighted by atomic mass is 16.7. The highest BCUT2D eigenvalue weighted by Gasteiger charge is 2.35. The van der Waals surface area contributed by atoms with Crippen LogP contribution in [-0.2, 0) is 0 Å². The lowest BCUT2D eigenvalue weighted by Crippen LogP contribution is -2.36. The number of pyridine rings is 1. The third-order valence-corrected chi connectivity index (χ3v) is 5.18. The molecule has 1 amide bonds. The highest BCUT2D eigenvalue weighted by Crippen LogP contribution is 2.36. The van der Waals surface area contributed by atoms with Gasteiger partial charge in [-0.1, -0.05) is 5.16 Å². The quantitative estimate of drug-likeness (QED) is 0.718. The monoisotopic (exact) mass is 393 g/mol. The fourth-order valence-corrected chi connectivity index (χ4v) is 3.69. The molecule has 9 nitrogen and oxygen atoms in total. The first-order valence-electron chi connectivity index (χ1n) is 9.32. The van der Waals surface area contributed by atoms with Gasteiger partial charge in [-0.2, -0.15) is 4.98 Å². The Labute approximate surface area is 166 Å². The maximum atomic E-state index is 12.4. The van der Waals surface area contributed by atoms with Gasteiger partial charge in [0.05, 0.1) is 6.04 Å². The van der Waals surface area contributed by atoms with Crippen LogP contribution in [0.1, 0.15) is 28.7 Å². The molecule has 2 aliphatic rings. The molecule has 0 saturated carbocycles. The molecule has 9 heteroatoms. The Morgan fingerprint density at radius 2 is 2.00 bits per heavy atom. The molecule has 0 bridgehead atoms.